The molecule has 1 aromatic carbocycles. The van der Waals surface area contributed by atoms with Crippen molar-refractivity contribution in [2.24, 2.45) is 0 Å². The number of hydrogen-bond donors (Lipinski definition) is 2. The minimum absolute atomic E-state index is 0.0932. The normalized spacial score (nSPS) is 20.1. The lowest BCUT2D eigenvalue weighted by Gasteiger charge is -2.45. The van der Waals surface area contributed by atoms with Crippen LogP contribution in [0.15, 0.2) is 36.5 Å². The zero-order valence-electron chi connectivity index (χ0n) is 21.0. The summed E-state index contributed by atoms with van der Waals surface area (Å²) in [6.07, 6.45) is 2.94. The molecule has 0 unspecified atom stereocenters. The lowest BCUT2D eigenvalue weighted by molar-refractivity contribution is -0.147. The Morgan fingerprint density at radius 1 is 1.11 bits per heavy atom. The van der Waals surface area contributed by atoms with Gasteiger partial charge in [0, 0.05) is 19.1 Å². The zero-order valence-corrected chi connectivity index (χ0v) is 21.0. The van der Waals surface area contributed by atoms with Crippen molar-refractivity contribution in [2.45, 2.75) is 64.1 Å². The van der Waals surface area contributed by atoms with Crippen LogP contribution in [0.3, 0.4) is 0 Å². The van der Waals surface area contributed by atoms with Crippen molar-refractivity contribution < 1.29 is 23.5 Å². The van der Waals surface area contributed by atoms with Crippen LogP contribution in [0.5, 0.6) is 0 Å². The summed E-state index contributed by atoms with van der Waals surface area (Å²) >= 11 is 0. The van der Waals surface area contributed by atoms with E-state index >= 15 is 0 Å². The second-order valence-corrected chi connectivity index (χ2v) is 10.4. The van der Waals surface area contributed by atoms with Gasteiger partial charge in [0.15, 0.2) is 0 Å². The first-order chi connectivity index (χ1) is 16.9. The summed E-state index contributed by atoms with van der Waals surface area (Å²) in [4.78, 5) is 46.3. The molecule has 3 amide bonds. The number of nitrogen functional groups attached to an aromatic ring is 1. The van der Waals surface area contributed by atoms with E-state index in [0.717, 1.165) is 18.4 Å². The number of nitrogens with two attached hydrogens (primary N) is 1. The number of rotatable bonds is 3. The first-order valence-electron chi connectivity index (χ1n) is 12.1. The number of carbonyl (C=O) groups is 3. The maximum atomic E-state index is 13.6. The maximum Gasteiger partial charge on any atom is 0.410 e. The van der Waals surface area contributed by atoms with E-state index in [1.807, 2.05) is 0 Å². The van der Waals surface area contributed by atoms with E-state index in [9.17, 15) is 18.8 Å². The fraction of sp³-hybridized carbons (Fsp3) is 0.462. The van der Waals surface area contributed by atoms with E-state index in [1.165, 1.54) is 28.1 Å². The number of nitrogens with zero attached hydrogens (tertiary/aromatic N) is 3. The van der Waals surface area contributed by atoms with Gasteiger partial charge in [0.2, 0.25) is 0 Å². The Bertz CT molecular complexity index is 1160. The monoisotopic (exact) mass is 497 g/mol. The summed E-state index contributed by atoms with van der Waals surface area (Å²) < 4.78 is 19.2. The van der Waals surface area contributed by atoms with E-state index < -0.39 is 41.4 Å². The van der Waals surface area contributed by atoms with Crippen LogP contribution >= 0.6 is 0 Å². The molecule has 2 fully saturated rings. The quantitative estimate of drug-likeness (QED) is 0.623. The Balaban J connectivity index is 1.56. The van der Waals surface area contributed by atoms with Crippen LogP contribution in [0, 0.1) is 5.82 Å². The molecule has 1 aliphatic heterocycles. The molecule has 1 saturated heterocycles. The SMILES string of the molecule is C[C@H]1CN(C(=O)C(=O)Nc2cnc(N)c(C3CC3)c2)[C@H](c2ccc(F)cc2)CN1C(=O)OC(C)(C)C. The molecule has 9 nitrogen and oxygen atoms in total. The van der Waals surface area contributed by atoms with Gasteiger partial charge in [0.05, 0.1) is 17.9 Å². The number of piperazine rings is 1. The number of ether oxygens (including phenoxy) is 1. The van der Waals surface area contributed by atoms with Gasteiger partial charge in [-0.3, -0.25) is 9.59 Å². The van der Waals surface area contributed by atoms with Gasteiger partial charge < -0.3 is 25.6 Å². The van der Waals surface area contributed by atoms with Crippen LogP contribution in [0.2, 0.25) is 0 Å². The molecular formula is C26H32FN5O4. The van der Waals surface area contributed by atoms with Crippen LogP contribution < -0.4 is 11.1 Å². The van der Waals surface area contributed by atoms with Gasteiger partial charge in [-0.2, -0.15) is 0 Å². The standard InChI is InChI=1S/C26H32FN5O4/c1-15-13-32(24(34)23(33)30-19-11-20(16-5-6-16)22(28)29-12-19)21(17-7-9-18(27)10-8-17)14-31(15)25(35)36-26(2,3)4/h7-12,15-16,21H,5-6,13-14H2,1-4H3,(H2,28,29)(H,30,33)/t15-,21-/m0/s1. The highest BCUT2D eigenvalue weighted by atomic mass is 19.1. The molecule has 0 spiro atoms. The van der Waals surface area contributed by atoms with Crippen molar-refractivity contribution in [1.29, 1.82) is 0 Å². The van der Waals surface area contributed by atoms with E-state index in [-0.39, 0.29) is 13.1 Å². The van der Waals surface area contributed by atoms with Gasteiger partial charge in [-0.05, 0) is 75.8 Å². The van der Waals surface area contributed by atoms with Crippen LogP contribution in [-0.4, -0.2) is 57.4 Å². The van der Waals surface area contributed by atoms with E-state index in [1.54, 1.807) is 45.9 Å². The minimum atomic E-state index is -0.826. The maximum absolute atomic E-state index is 13.6. The highest BCUT2D eigenvalue weighted by Gasteiger charge is 2.41. The summed E-state index contributed by atoms with van der Waals surface area (Å²) in [7, 11) is 0. The summed E-state index contributed by atoms with van der Waals surface area (Å²) in [5.74, 6) is -1.26. The number of nitrogens with one attached hydrogen (secondary N) is 1. The molecule has 2 atom stereocenters. The van der Waals surface area contributed by atoms with Crippen LogP contribution in [0.25, 0.3) is 0 Å². The largest absolute Gasteiger partial charge is 0.444 e. The predicted octanol–water partition coefficient (Wildman–Crippen LogP) is 3.83. The molecule has 3 N–H and O–H groups in total. The van der Waals surface area contributed by atoms with Gasteiger partial charge in [-0.25, -0.2) is 14.2 Å². The van der Waals surface area contributed by atoms with Crippen LogP contribution in [0.4, 0.5) is 20.7 Å². The van der Waals surface area contributed by atoms with Crippen molar-refractivity contribution in [3.63, 3.8) is 0 Å². The number of hydrogen-bond acceptors (Lipinski definition) is 6. The first-order valence-corrected chi connectivity index (χ1v) is 12.1. The number of anilines is 2. The van der Waals surface area contributed by atoms with Crippen molar-refractivity contribution in [3.05, 3.63) is 53.5 Å². The lowest BCUT2D eigenvalue weighted by atomic mass is 9.99. The highest BCUT2D eigenvalue weighted by molar-refractivity contribution is 6.39. The summed E-state index contributed by atoms with van der Waals surface area (Å²) in [6.45, 7) is 7.30. The summed E-state index contributed by atoms with van der Waals surface area (Å²) in [5, 5.41) is 2.64. The smallest absolute Gasteiger partial charge is 0.410 e. The molecule has 10 heteroatoms. The molecule has 4 rings (SSSR count). The third-order valence-corrected chi connectivity index (χ3v) is 6.30. The summed E-state index contributed by atoms with van der Waals surface area (Å²) in [6, 6.07) is 6.35. The Kier molecular flexibility index (Phi) is 6.88. The Hall–Kier alpha value is -3.69. The molecule has 1 aromatic heterocycles. The second kappa shape index (κ2) is 9.75. The number of carbonyl (C=O) groups excluding carboxylic acids is 3. The average Bonchev–Trinajstić information content (AvgIpc) is 3.64. The number of amides is 3. The first kappa shape index (κ1) is 25.4. The Morgan fingerprint density at radius 2 is 1.78 bits per heavy atom. The number of benzene rings is 1. The number of pyridine rings is 1. The molecule has 36 heavy (non-hydrogen) atoms. The minimum Gasteiger partial charge on any atom is -0.444 e. The van der Waals surface area contributed by atoms with E-state index in [0.29, 0.717) is 23.0 Å². The molecule has 0 radical (unpaired) electrons. The fourth-order valence-electron chi connectivity index (χ4n) is 4.34. The van der Waals surface area contributed by atoms with E-state index in [2.05, 4.69) is 10.3 Å². The molecule has 2 aliphatic rings. The third-order valence-electron chi connectivity index (χ3n) is 6.30. The van der Waals surface area contributed by atoms with Gasteiger partial charge in [0.1, 0.15) is 17.2 Å². The Morgan fingerprint density at radius 3 is 2.39 bits per heavy atom. The molecule has 192 valence electrons. The van der Waals surface area contributed by atoms with Crippen LogP contribution in [-0.2, 0) is 14.3 Å². The molecule has 1 aliphatic carbocycles. The van der Waals surface area contributed by atoms with Gasteiger partial charge in [-0.15, -0.1) is 0 Å². The molecule has 2 aromatic rings. The molecule has 2 heterocycles. The number of halogens is 1. The van der Waals surface area contributed by atoms with Crippen LogP contribution in [0.1, 0.15) is 63.6 Å². The van der Waals surface area contributed by atoms with Gasteiger partial charge in [-0.1, -0.05) is 12.1 Å². The third kappa shape index (κ3) is 5.75. The second-order valence-electron chi connectivity index (χ2n) is 10.4. The summed E-state index contributed by atoms with van der Waals surface area (Å²) in [5.41, 5.74) is 7.12. The van der Waals surface area contributed by atoms with Gasteiger partial charge in [0.25, 0.3) is 0 Å². The zero-order chi connectivity index (χ0) is 26.2. The van der Waals surface area contributed by atoms with Gasteiger partial charge >= 0.3 is 17.9 Å². The van der Waals surface area contributed by atoms with E-state index in [4.69, 9.17) is 10.5 Å². The lowest BCUT2D eigenvalue weighted by Crippen LogP contribution is -2.59. The molecule has 1 saturated carbocycles. The Labute approximate surface area is 209 Å². The highest BCUT2D eigenvalue weighted by Crippen LogP contribution is 2.42. The van der Waals surface area contributed by atoms with Crippen molar-refractivity contribution >= 4 is 29.4 Å². The molecular weight excluding hydrogens is 465 g/mol. The van der Waals surface area contributed by atoms with Crippen molar-refractivity contribution in [3.8, 4) is 0 Å². The van der Waals surface area contributed by atoms with Crippen molar-refractivity contribution in [2.75, 3.05) is 24.1 Å². The average molecular weight is 498 g/mol. The topological polar surface area (TPSA) is 118 Å². The predicted molar refractivity (Wildman–Crippen MR) is 133 cm³/mol. The number of aromatic nitrogens is 1. The molecule has 0 bridgehead atoms. The van der Waals surface area contributed by atoms with Crippen molar-refractivity contribution in [1.82, 2.24) is 14.8 Å². The fourth-order valence-corrected chi connectivity index (χ4v) is 4.34.